The molecule has 1 atom stereocenters. The minimum Gasteiger partial charge on any atom is -0.495 e. The molecule has 0 spiro atoms. The van der Waals surface area contributed by atoms with Gasteiger partial charge in [0, 0.05) is 12.1 Å². The van der Waals surface area contributed by atoms with E-state index in [0.717, 1.165) is 24.6 Å². The molecule has 17 heavy (non-hydrogen) atoms. The summed E-state index contributed by atoms with van der Waals surface area (Å²) in [5.74, 6) is 0.750. The van der Waals surface area contributed by atoms with Crippen LogP contribution in [0, 0.1) is 0 Å². The van der Waals surface area contributed by atoms with Crippen molar-refractivity contribution in [1.82, 2.24) is 5.32 Å². The van der Waals surface area contributed by atoms with E-state index >= 15 is 0 Å². The molecular weight excluding hydrogens is 234 g/mol. The molecule has 2 rings (SSSR count). The number of aryl methyl sites for hydroxylation is 1. The number of ether oxygens (including phenoxy) is 1. The van der Waals surface area contributed by atoms with Gasteiger partial charge in [0.25, 0.3) is 0 Å². The van der Waals surface area contributed by atoms with Crippen LogP contribution >= 0.6 is 11.6 Å². The number of methoxy groups -OCH3 is 1. The van der Waals surface area contributed by atoms with Crippen LogP contribution in [0.25, 0.3) is 0 Å². The van der Waals surface area contributed by atoms with E-state index < -0.39 is 0 Å². The topological polar surface area (TPSA) is 21.3 Å². The summed E-state index contributed by atoms with van der Waals surface area (Å²) in [6.07, 6.45) is 4.90. The molecule has 2 nitrogen and oxygen atoms in total. The molecule has 0 heterocycles. The van der Waals surface area contributed by atoms with Gasteiger partial charge >= 0.3 is 0 Å². The molecule has 1 fully saturated rings. The molecule has 1 N–H and O–H groups in total. The van der Waals surface area contributed by atoms with Gasteiger partial charge in [0.15, 0.2) is 0 Å². The molecule has 0 radical (unpaired) electrons. The first-order chi connectivity index (χ1) is 8.19. The molecule has 1 unspecified atom stereocenters. The van der Waals surface area contributed by atoms with Gasteiger partial charge in [-0.25, -0.2) is 0 Å². The van der Waals surface area contributed by atoms with Crippen molar-refractivity contribution in [2.75, 3.05) is 7.11 Å². The summed E-state index contributed by atoms with van der Waals surface area (Å²) in [4.78, 5) is 0. The Kier molecular flexibility index (Phi) is 4.30. The molecule has 0 bridgehead atoms. The van der Waals surface area contributed by atoms with E-state index in [9.17, 15) is 0 Å². The predicted molar refractivity (Wildman–Crippen MR) is 71.9 cm³/mol. The Morgan fingerprint density at radius 1 is 1.47 bits per heavy atom. The van der Waals surface area contributed by atoms with Crippen LogP contribution in [-0.2, 0) is 6.42 Å². The lowest BCUT2D eigenvalue weighted by Gasteiger charge is -2.13. The highest BCUT2D eigenvalue weighted by Gasteiger charge is 2.22. The van der Waals surface area contributed by atoms with Gasteiger partial charge in [-0.2, -0.15) is 0 Å². The highest BCUT2D eigenvalue weighted by atomic mass is 35.5. The van der Waals surface area contributed by atoms with Gasteiger partial charge in [0.05, 0.1) is 12.1 Å². The van der Waals surface area contributed by atoms with E-state index in [2.05, 4.69) is 18.3 Å². The predicted octanol–water partition coefficient (Wildman–Crippen LogP) is 3.42. The summed E-state index contributed by atoms with van der Waals surface area (Å²) in [7, 11) is 1.64. The van der Waals surface area contributed by atoms with Crippen LogP contribution in [0.15, 0.2) is 18.2 Å². The van der Waals surface area contributed by atoms with Crippen LogP contribution in [0.1, 0.15) is 31.7 Å². The zero-order chi connectivity index (χ0) is 12.3. The van der Waals surface area contributed by atoms with Gasteiger partial charge < -0.3 is 10.1 Å². The van der Waals surface area contributed by atoms with E-state index in [-0.39, 0.29) is 0 Å². The molecule has 1 saturated carbocycles. The van der Waals surface area contributed by atoms with Crippen LogP contribution in [0.5, 0.6) is 5.75 Å². The second-order valence-corrected chi connectivity index (χ2v) is 5.26. The van der Waals surface area contributed by atoms with Gasteiger partial charge in [0.1, 0.15) is 5.75 Å². The zero-order valence-corrected chi connectivity index (χ0v) is 11.3. The zero-order valence-electron chi connectivity index (χ0n) is 10.5. The molecule has 1 aliphatic carbocycles. The van der Waals surface area contributed by atoms with Crippen LogP contribution in [0.4, 0.5) is 0 Å². The van der Waals surface area contributed by atoms with Crippen LogP contribution in [0.2, 0.25) is 5.02 Å². The number of hydrogen-bond donors (Lipinski definition) is 1. The third-order valence-electron chi connectivity index (χ3n) is 3.18. The van der Waals surface area contributed by atoms with Crippen molar-refractivity contribution in [1.29, 1.82) is 0 Å². The van der Waals surface area contributed by atoms with Gasteiger partial charge in [-0.15, -0.1) is 0 Å². The monoisotopic (exact) mass is 253 g/mol. The van der Waals surface area contributed by atoms with Crippen molar-refractivity contribution in [3.63, 3.8) is 0 Å². The SMILES string of the molecule is COc1ccc(CCC(C)NC2CC2)cc1Cl. The number of nitrogens with one attached hydrogen (secondary N) is 1. The molecule has 0 saturated heterocycles. The smallest absolute Gasteiger partial charge is 0.137 e. The first-order valence-electron chi connectivity index (χ1n) is 6.27. The second-order valence-electron chi connectivity index (χ2n) is 4.85. The normalized spacial score (nSPS) is 16.9. The quantitative estimate of drug-likeness (QED) is 0.839. The fraction of sp³-hybridized carbons (Fsp3) is 0.571. The van der Waals surface area contributed by atoms with E-state index in [0.29, 0.717) is 11.1 Å². The average molecular weight is 254 g/mol. The lowest BCUT2D eigenvalue weighted by Crippen LogP contribution is -2.28. The summed E-state index contributed by atoms with van der Waals surface area (Å²) in [6.45, 7) is 2.25. The lowest BCUT2D eigenvalue weighted by molar-refractivity contribution is 0.415. The maximum atomic E-state index is 6.10. The van der Waals surface area contributed by atoms with Gasteiger partial charge in [0.2, 0.25) is 0 Å². The summed E-state index contributed by atoms with van der Waals surface area (Å²) in [5, 5.41) is 4.31. The average Bonchev–Trinajstić information content (AvgIpc) is 3.10. The minimum atomic E-state index is 0.586. The maximum Gasteiger partial charge on any atom is 0.137 e. The largest absolute Gasteiger partial charge is 0.495 e. The van der Waals surface area contributed by atoms with Crippen LogP contribution in [0.3, 0.4) is 0 Å². The molecule has 3 heteroatoms. The molecule has 1 aliphatic rings. The highest BCUT2D eigenvalue weighted by Crippen LogP contribution is 2.26. The molecule has 1 aromatic carbocycles. The van der Waals surface area contributed by atoms with E-state index in [1.54, 1.807) is 7.11 Å². The number of rotatable bonds is 6. The lowest BCUT2D eigenvalue weighted by atomic mass is 10.1. The number of hydrogen-bond acceptors (Lipinski definition) is 2. The third-order valence-corrected chi connectivity index (χ3v) is 3.48. The van der Waals surface area contributed by atoms with Crippen molar-refractivity contribution in [3.8, 4) is 5.75 Å². The standard InChI is InChI=1S/C14H20ClNO/c1-10(16-12-6-7-12)3-4-11-5-8-14(17-2)13(15)9-11/h5,8-10,12,16H,3-4,6-7H2,1-2H3. The van der Waals surface area contributed by atoms with Crippen molar-refractivity contribution in [2.45, 2.75) is 44.7 Å². The highest BCUT2D eigenvalue weighted by molar-refractivity contribution is 6.32. The second kappa shape index (κ2) is 5.74. The Hall–Kier alpha value is -0.730. The molecule has 0 amide bonds. The summed E-state index contributed by atoms with van der Waals surface area (Å²) < 4.78 is 5.14. The Morgan fingerprint density at radius 3 is 2.82 bits per heavy atom. The minimum absolute atomic E-state index is 0.586. The molecule has 1 aromatic rings. The van der Waals surface area contributed by atoms with Crippen molar-refractivity contribution >= 4 is 11.6 Å². The summed E-state index contributed by atoms with van der Waals surface area (Å²) in [5.41, 5.74) is 1.28. The molecule has 0 aromatic heterocycles. The van der Waals surface area contributed by atoms with Gasteiger partial charge in [-0.1, -0.05) is 17.7 Å². The van der Waals surface area contributed by atoms with E-state index in [4.69, 9.17) is 16.3 Å². The fourth-order valence-electron chi connectivity index (χ4n) is 1.98. The number of benzene rings is 1. The van der Waals surface area contributed by atoms with Gasteiger partial charge in [-0.05, 0) is 50.3 Å². The molecular formula is C14H20ClNO. The Balaban J connectivity index is 1.83. The third kappa shape index (κ3) is 3.90. The molecule has 94 valence electrons. The van der Waals surface area contributed by atoms with Crippen molar-refractivity contribution < 1.29 is 4.74 Å². The van der Waals surface area contributed by atoms with Crippen LogP contribution < -0.4 is 10.1 Å². The Morgan fingerprint density at radius 2 is 2.24 bits per heavy atom. The fourth-order valence-corrected chi connectivity index (χ4v) is 2.26. The van der Waals surface area contributed by atoms with Crippen molar-refractivity contribution in [3.05, 3.63) is 28.8 Å². The van der Waals surface area contributed by atoms with E-state index in [1.165, 1.54) is 18.4 Å². The number of halogens is 1. The van der Waals surface area contributed by atoms with Crippen molar-refractivity contribution in [2.24, 2.45) is 0 Å². The maximum absolute atomic E-state index is 6.10. The Bertz CT molecular complexity index is 376. The first kappa shape index (κ1) is 12.7. The van der Waals surface area contributed by atoms with E-state index in [1.807, 2.05) is 12.1 Å². The summed E-state index contributed by atoms with van der Waals surface area (Å²) in [6, 6.07) is 7.41. The summed E-state index contributed by atoms with van der Waals surface area (Å²) >= 11 is 6.10. The van der Waals surface area contributed by atoms with Crippen LogP contribution in [-0.4, -0.2) is 19.2 Å². The Labute approximate surface area is 108 Å². The first-order valence-corrected chi connectivity index (χ1v) is 6.65. The molecule has 0 aliphatic heterocycles. The van der Waals surface area contributed by atoms with Gasteiger partial charge in [-0.3, -0.25) is 0 Å².